The lowest BCUT2D eigenvalue weighted by Crippen LogP contribution is -2.43. The summed E-state index contributed by atoms with van der Waals surface area (Å²) in [6.07, 6.45) is 7.10. The standard InChI is InChI=1S/C34H54N6O6/c1-25(41)36-33(3,4)17-21-44-23-24-46-30-12-9-7-8-11-29-31(30)38-39-40(29)20-10-19-35-32(43)27-13-15-28(16-14-27)45-22-18-34(5,6)37-26(2)42/h13-16,30H,7-12,17-24H2,1-6H3,(H,35,43)(H,36,41)(H,37,42). The molecule has 3 N–H and O–H groups in total. The molecule has 0 spiro atoms. The van der Waals surface area contributed by atoms with Crippen molar-refractivity contribution in [2.24, 2.45) is 0 Å². The van der Waals surface area contributed by atoms with Gasteiger partial charge in [0.15, 0.2) is 0 Å². The van der Waals surface area contributed by atoms with Crippen LogP contribution in [-0.2, 0) is 32.0 Å². The average molecular weight is 643 g/mol. The fourth-order valence-electron chi connectivity index (χ4n) is 5.55. The average Bonchev–Trinajstić information content (AvgIpc) is 3.34. The fourth-order valence-corrected chi connectivity index (χ4v) is 5.55. The molecule has 0 saturated heterocycles. The van der Waals surface area contributed by atoms with Crippen LogP contribution >= 0.6 is 0 Å². The van der Waals surface area contributed by atoms with Gasteiger partial charge in [-0.15, -0.1) is 5.10 Å². The number of hydrogen-bond donors (Lipinski definition) is 3. The number of aromatic nitrogens is 3. The van der Waals surface area contributed by atoms with Gasteiger partial charge in [-0.3, -0.25) is 14.4 Å². The van der Waals surface area contributed by atoms with Crippen LogP contribution in [-0.4, -0.2) is 76.8 Å². The predicted octanol–water partition coefficient (Wildman–Crippen LogP) is 4.28. The third-order valence-electron chi connectivity index (χ3n) is 7.94. The Kier molecular flexibility index (Phi) is 14.5. The number of fused-ring (bicyclic) bond motifs is 1. The van der Waals surface area contributed by atoms with Crippen molar-refractivity contribution in [2.45, 2.75) is 117 Å². The lowest BCUT2D eigenvalue weighted by Gasteiger charge is -2.25. The Morgan fingerprint density at radius 2 is 1.57 bits per heavy atom. The molecule has 0 radical (unpaired) electrons. The van der Waals surface area contributed by atoms with Crippen LogP contribution in [0.15, 0.2) is 24.3 Å². The highest BCUT2D eigenvalue weighted by molar-refractivity contribution is 5.94. The molecule has 3 amide bonds. The third-order valence-corrected chi connectivity index (χ3v) is 7.94. The molecule has 1 heterocycles. The van der Waals surface area contributed by atoms with Gasteiger partial charge in [0, 0.05) is 56.6 Å². The van der Waals surface area contributed by atoms with Crippen molar-refractivity contribution in [1.29, 1.82) is 0 Å². The van der Waals surface area contributed by atoms with E-state index in [9.17, 15) is 14.4 Å². The highest BCUT2D eigenvalue weighted by Crippen LogP contribution is 2.29. The zero-order chi connectivity index (χ0) is 33.6. The minimum absolute atomic E-state index is 0.0443. The van der Waals surface area contributed by atoms with Gasteiger partial charge in [-0.2, -0.15) is 0 Å². The lowest BCUT2D eigenvalue weighted by molar-refractivity contribution is -0.121. The Hall–Kier alpha value is -3.51. The van der Waals surface area contributed by atoms with E-state index in [1.807, 2.05) is 32.4 Å². The quantitative estimate of drug-likeness (QED) is 0.204. The molecule has 1 atom stereocenters. The zero-order valence-electron chi connectivity index (χ0n) is 28.6. The summed E-state index contributed by atoms with van der Waals surface area (Å²) in [5.74, 6) is 0.426. The number of rotatable bonds is 18. The molecule has 1 aliphatic carbocycles. The molecule has 2 aromatic rings. The normalized spacial score (nSPS) is 15.3. The highest BCUT2D eigenvalue weighted by atomic mass is 16.5. The van der Waals surface area contributed by atoms with Crippen LogP contribution in [0.3, 0.4) is 0 Å². The molecule has 0 aliphatic heterocycles. The van der Waals surface area contributed by atoms with Crippen molar-refractivity contribution in [1.82, 2.24) is 30.9 Å². The Balaban J connectivity index is 1.40. The number of nitrogens with one attached hydrogen (secondary N) is 3. The minimum Gasteiger partial charge on any atom is -0.494 e. The molecular formula is C34H54N6O6. The van der Waals surface area contributed by atoms with E-state index in [0.29, 0.717) is 57.3 Å². The molecule has 1 aliphatic rings. The van der Waals surface area contributed by atoms with Gasteiger partial charge >= 0.3 is 0 Å². The maximum atomic E-state index is 12.7. The molecule has 0 saturated carbocycles. The zero-order valence-corrected chi connectivity index (χ0v) is 28.6. The molecule has 46 heavy (non-hydrogen) atoms. The number of aryl methyl sites for hydroxylation is 1. The first-order valence-electron chi connectivity index (χ1n) is 16.6. The van der Waals surface area contributed by atoms with Crippen molar-refractivity contribution in [2.75, 3.05) is 33.0 Å². The van der Waals surface area contributed by atoms with Gasteiger partial charge in [0.2, 0.25) is 11.8 Å². The van der Waals surface area contributed by atoms with Crippen LogP contribution < -0.4 is 20.7 Å². The van der Waals surface area contributed by atoms with Crippen LogP contribution in [0.4, 0.5) is 0 Å². The number of nitrogens with zero attached hydrogens (tertiary/aromatic N) is 3. The number of benzene rings is 1. The molecule has 0 bridgehead atoms. The van der Waals surface area contributed by atoms with Gasteiger partial charge in [0.25, 0.3) is 5.91 Å². The van der Waals surface area contributed by atoms with E-state index in [2.05, 4.69) is 26.3 Å². The van der Waals surface area contributed by atoms with Gasteiger partial charge in [-0.05, 0) is 84.1 Å². The van der Waals surface area contributed by atoms with E-state index >= 15 is 0 Å². The first kappa shape index (κ1) is 37.0. The van der Waals surface area contributed by atoms with E-state index in [-0.39, 0.29) is 34.9 Å². The van der Waals surface area contributed by atoms with Crippen LogP contribution in [0.2, 0.25) is 0 Å². The second-order valence-corrected chi connectivity index (χ2v) is 13.3. The van der Waals surface area contributed by atoms with Crippen LogP contribution in [0.1, 0.15) is 114 Å². The summed E-state index contributed by atoms with van der Waals surface area (Å²) in [6, 6.07) is 7.07. The van der Waals surface area contributed by atoms with E-state index in [1.165, 1.54) is 13.8 Å². The third kappa shape index (κ3) is 13.1. The Morgan fingerprint density at radius 1 is 0.891 bits per heavy atom. The number of carbonyl (C=O) groups excluding carboxylic acids is 3. The van der Waals surface area contributed by atoms with Crippen molar-refractivity contribution in [3.05, 3.63) is 41.2 Å². The van der Waals surface area contributed by atoms with Crippen molar-refractivity contribution >= 4 is 17.7 Å². The molecule has 256 valence electrons. The van der Waals surface area contributed by atoms with Gasteiger partial charge < -0.3 is 30.2 Å². The smallest absolute Gasteiger partial charge is 0.251 e. The van der Waals surface area contributed by atoms with Gasteiger partial charge in [-0.1, -0.05) is 18.1 Å². The van der Waals surface area contributed by atoms with Crippen LogP contribution in [0.5, 0.6) is 5.75 Å². The van der Waals surface area contributed by atoms with E-state index in [0.717, 1.165) is 56.3 Å². The fraction of sp³-hybridized carbons (Fsp3) is 0.676. The van der Waals surface area contributed by atoms with E-state index in [1.54, 1.807) is 24.3 Å². The first-order chi connectivity index (χ1) is 21.8. The Labute approximate surface area is 273 Å². The summed E-state index contributed by atoms with van der Waals surface area (Å²) in [4.78, 5) is 35.4. The van der Waals surface area contributed by atoms with Crippen LogP contribution in [0.25, 0.3) is 0 Å². The first-order valence-corrected chi connectivity index (χ1v) is 16.6. The molecule has 12 nitrogen and oxygen atoms in total. The maximum absolute atomic E-state index is 12.7. The van der Waals surface area contributed by atoms with Crippen molar-refractivity contribution < 1.29 is 28.6 Å². The maximum Gasteiger partial charge on any atom is 0.251 e. The molecule has 12 heteroatoms. The van der Waals surface area contributed by atoms with E-state index in [4.69, 9.17) is 14.2 Å². The monoisotopic (exact) mass is 642 g/mol. The molecule has 0 fully saturated rings. The number of carbonyl (C=O) groups is 3. The van der Waals surface area contributed by atoms with Crippen molar-refractivity contribution in [3.8, 4) is 5.75 Å². The number of ether oxygens (including phenoxy) is 3. The summed E-state index contributed by atoms with van der Waals surface area (Å²) in [7, 11) is 0. The summed E-state index contributed by atoms with van der Waals surface area (Å²) in [5.41, 5.74) is 1.94. The number of hydrogen-bond acceptors (Lipinski definition) is 8. The topological polar surface area (TPSA) is 146 Å². The van der Waals surface area contributed by atoms with Crippen molar-refractivity contribution in [3.63, 3.8) is 0 Å². The molecule has 1 aromatic heterocycles. The van der Waals surface area contributed by atoms with E-state index < -0.39 is 0 Å². The van der Waals surface area contributed by atoms with Gasteiger partial charge in [-0.25, -0.2) is 4.68 Å². The molecule has 1 unspecified atom stereocenters. The van der Waals surface area contributed by atoms with Gasteiger partial charge in [0.1, 0.15) is 17.5 Å². The Bertz CT molecular complexity index is 1260. The number of amides is 3. The second kappa shape index (κ2) is 18.0. The lowest BCUT2D eigenvalue weighted by atomic mass is 9.99. The second-order valence-electron chi connectivity index (χ2n) is 13.3. The summed E-state index contributed by atoms with van der Waals surface area (Å²) >= 11 is 0. The minimum atomic E-state index is -0.351. The largest absolute Gasteiger partial charge is 0.494 e. The van der Waals surface area contributed by atoms with Gasteiger partial charge in [0.05, 0.1) is 25.5 Å². The SMILES string of the molecule is CC(=O)NC(C)(C)CCOCCOC1CCCCCc2c1nnn2CCCNC(=O)c1ccc(OCCC(C)(C)NC(C)=O)cc1. The predicted molar refractivity (Wildman–Crippen MR) is 176 cm³/mol. The molecular weight excluding hydrogens is 588 g/mol. The highest BCUT2D eigenvalue weighted by Gasteiger charge is 2.24. The summed E-state index contributed by atoms with van der Waals surface area (Å²) in [6.45, 7) is 14.0. The summed E-state index contributed by atoms with van der Waals surface area (Å²) in [5, 5.41) is 17.8. The molecule has 1 aromatic carbocycles. The van der Waals surface area contributed by atoms with Crippen LogP contribution in [0, 0.1) is 0 Å². The molecule has 3 rings (SSSR count). The Morgan fingerprint density at radius 3 is 2.24 bits per heavy atom. The summed E-state index contributed by atoms with van der Waals surface area (Å²) < 4.78 is 19.8.